The van der Waals surface area contributed by atoms with Gasteiger partial charge in [0.05, 0.1) is 23.6 Å². The zero-order valence-corrected chi connectivity index (χ0v) is 12.9. The molecule has 0 bridgehead atoms. The highest BCUT2D eigenvalue weighted by Crippen LogP contribution is 2.18. The van der Waals surface area contributed by atoms with Gasteiger partial charge in [-0.3, -0.25) is 14.4 Å². The van der Waals surface area contributed by atoms with Crippen LogP contribution in [-0.4, -0.2) is 53.3 Å². The van der Waals surface area contributed by atoms with Crippen molar-refractivity contribution in [2.45, 2.75) is 32.7 Å². The Morgan fingerprint density at radius 2 is 2.10 bits per heavy atom. The molecule has 0 spiro atoms. The van der Waals surface area contributed by atoms with E-state index in [2.05, 4.69) is 20.6 Å². The summed E-state index contributed by atoms with van der Waals surface area (Å²) in [5.74, 6) is 0.0326. The predicted molar refractivity (Wildman–Crippen MR) is 79.8 cm³/mol. The number of anilines is 1. The van der Waals surface area contributed by atoms with Crippen LogP contribution in [0.5, 0.6) is 0 Å². The molecule has 0 unspecified atom stereocenters. The molecule has 2 heterocycles. The number of hydrogen-bond acceptors (Lipinski definition) is 4. The number of hydrogen-bond donors (Lipinski definition) is 2. The average molecular weight is 279 g/mol. The molecule has 0 saturated carbocycles. The first-order valence-corrected chi connectivity index (χ1v) is 7.20. The number of rotatable bonds is 4. The molecule has 6 nitrogen and oxygen atoms in total. The molecule has 2 N–H and O–H groups in total. The lowest BCUT2D eigenvalue weighted by Gasteiger charge is -2.31. The van der Waals surface area contributed by atoms with Gasteiger partial charge in [0.15, 0.2) is 0 Å². The second-order valence-electron chi connectivity index (χ2n) is 5.61. The smallest absolute Gasteiger partial charge is 0.238 e. The second-order valence-corrected chi connectivity index (χ2v) is 5.61. The van der Waals surface area contributed by atoms with Gasteiger partial charge < -0.3 is 10.6 Å². The molecule has 0 radical (unpaired) electrons. The van der Waals surface area contributed by atoms with Gasteiger partial charge in [0.2, 0.25) is 5.91 Å². The first-order valence-electron chi connectivity index (χ1n) is 7.20. The number of carbonyl (C=O) groups is 1. The van der Waals surface area contributed by atoms with Crippen molar-refractivity contribution in [2.75, 3.05) is 32.0 Å². The van der Waals surface area contributed by atoms with Crippen molar-refractivity contribution in [3.8, 4) is 0 Å². The lowest BCUT2D eigenvalue weighted by Crippen LogP contribution is -2.44. The van der Waals surface area contributed by atoms with Gasteiger partial charge in [-0.15, -0.1) is 0 Å². The fourth-order valence-electron chi connectivity index (χ4n) is 2.74. The Labute approximate surface area is 120 Å². The van der Waals surface area contributed by atoms with Crippen molar-refractivity contribution >= 4 is 11.6 Å². The fraction of sp³-hybridized carbons (Fsp3) is 0.714. The molecule has 1 aromatic heterocycles. The predicted octanol–water partition coefficient (Wildman–Crippen LogP) is 0.659. The van der Waals surface area contributed by atoms with E-state index in [1.165, 1.54) is 0 Å². The molecular formula is C14H25N5O. The average Bonchev–Trinajstić information content (AvgIpc) is 2.66. The number of likely N-dealkylation sites (N-methyl/N-ethyl adjacent to an activating group) is 1. The van der Waals surface area contributed by atoms with Gasteiger partial charge in [-0.05, 0) is 46.8 Å². The number of carbonyl (C=O) groups excluding carboxylic acids is 1. The highest BCUT2D eigenvalue weighted by Gasteiger charge is 2.20. The van der Waals surface area contributed by atoms with E-state index in [1.807, 2.05) is 27.9 Å². The second kappa shape index (κ2) is 6.37. The van der Waals surface area contributed by atoms with Crippen molar-refractivity contribution in [3.63, 3.8) is 0 Å². The Bertz CT molecular complexity index is 476. The number of piperidine rings is 1. The molecule has 1 aliphatic heterocycles. The van der Waals surface area contributed by atoms with Crippen LogP contribution in [0.25, 0.3) is 0 Å². The van der Waals surface area contributed by atoms with Gasteiger partial charge in [-0.1, -0.05) is 0 Å². The first-order chi connectivity index (χ1) is 9.49. The molecule has 20 heavy (non-hydrogen) atoms. The molecule has 0 aliphatic carbocycles. The molecular weight excluding hydrogens is 254 g/mol. The largest absolute Gasteiger partial charge is 0.322 e. The van der Waals surface area contributed by atoms with Gasteiger partial charge in [-0.2, -0.15) is 5.10 Å². The topological polar surface area (TPSA) is 62.2 Å². The maximum atomic E-state index is 12.2. The quantitative estimate of drug-likeness (QED) is 0.850. The molecule has 112 valence electrons. The first kappa shape index (κ1) is 15.0. The minimum absolute atomic E-state index is 0.0326. The number of amides is 1. The van der Waals surface area contributed by atoms with Crippen molar-refractivity contribution in [2.24, 2.45) is 7.05 Å². The van der Waals surface area contributed by atoms with Gasteiger partial charge >= 0.3 is 0 Å². The van der Waals surface area contributed by atoms with E-state index in [0.29, 0.717) is 12.6 Å². The van der Waals surface area contributed by atoms with E-state index >= 15 is 0 Å². The minimum atomic E-state index is 0.0326. The summed E-state index contributed by atoms with van der Waals surface area (Å²) in [7, 11) is 3.91. The van der Waals surface area contributed by atoms with Crippen molar-refractivity contribution in [1.82, 2.24) is 20.0 Å². The van der Waals surface area contributed by atoms with Crippen LogP contribution in [0.3, 0.4) is 0 Å². The summed E-state index contributed by atoms with van der Waals surface area (Å²) in [5, 5.41) is 10.6. The summed E-state index contributed by atoms with van der Waals surface area (Å²) >= 11 is 0. The molecule has 0 atom stereocenters. The molecule has 0 aromatic carbocycles. The molecule has 1 saturated heterocycles. The molecule has 1 amide bonds. The monoisotopic (exact) mass is 279 g/mol. The van der Waals surface area contributed by atoms with E-state index < -0.39 is 0 Å². The van der Waals surface area contributed by atoms with E-state index in [-0.39, 0.29) is 5.91 Å². The van der Waals surface area contributed by atoms with Gasteiger partial charge in [0.25, 0.3) is 0 Å². The minimum Gasteiger partial charge on any atom is -0.322 e. The fourth-order valence-corrected chi connectivity index (χ4v) is 2.74. The number of nitrogens with zero attached hydrogens (tertiary/aromatic N) is 3. The Balaban J connectivity index is 1.91. The number of aromatic nitrogens is 2. The normalized spacial score (nSPS) is 16.6. The van der Waals surface area contributed by atoms with Gasteiger partial charge in [0, 0.05) is 13.1 Å². The van der Waals surface area contributed by atoms with E-state index in [4.69, 9.17) is 0 Å². The van der Waals surface area contributed by atoms with Crippen LogP contribution >= 0.6 is 0 Å². The Morgan fingerprint density at radius 1 is 1.45 bits per heavy atom. The number of aryl methyl sites for hydroxylation is 2. The van der Waals surface area contributed by atoms with Gasteiger partial charge in [-0.25, -0.2) is 0 Å². The standard InChI is InChI=1S/C14H25N5O/c1-10-14(11(2)19(4)17-10)16-13(20)9-18(3)12-5-7-15-8-6-12/h12,15H,5-9H2,1-4H3,(H,16,20). The molecule has 1 fully saturated rings. The maximum absolute atomic E-state index is 12.2. The summed E-state index contributed by atoms with van der Waals surface area (Å²) in [4.78, 5) is 14.3. The Morgan fingerprint density at radius 3 is 2.65 bits per heavy atom. The lowest BCUT2D eigenvalue weighted by atomic mass is 10.1. The molecule has 2 rings (SSSR count). The van der Waals surface area contributed by atoms with E-state index in [1.54, 1.807) is 4.68 Å². The van der Waals surface area contributed by atoms with E-state index in [9.17, 15) is 4.79 Å². The molecule has 1 aliphatic rings. The van der Waals surface area contributed by atoms with Crippen LogP contribution in [0, 0.1) is 13.8 Å². The van der Waals surface area contributed by atoms with Crippen molar-refractivity contribution in [1.29, 1.82) is 0 Å². The van der Waals surface area contributed by atoms with Crippen LogP contribution in [0.15, 0.2) is 0 Å². The zero-order valence-electron chi connectivity index (χ0n) is 12.9. The summed E-state index contributed by atoms with van der Waals surface area (Å²) in [5.41, 5.74) is 2.69. The van der Waals surface area contributed by atoms with Crippen molar-refractivity contribution in [3.05, 3.63) is 11.4 Å². The van der Waals surface area contributed by atoms with Crippen LogP contribution in [0.4, 0.5) is 5.69 Å². The third-order valence-electron chi connectivity index (χ3n) is 4.10. The SMILES string of the molecule is Cc1nn(C)c(C)c1NC(=O)CN(C)C1CCNCC1. The third kappa shape index (κ3) is 3.37. The van der Waals surface area contributed by atoms with Gasteiger partial charge in [0.1, 0.15) is 0 Å². The van der Waals surface area contributed by atoms with Crippen LogP contribution < -0.4 is 10.6 Å². The Hall–Kier alpha value is -1.40. The highest BCUT2D eigenvalue weighted by atomic mass is 16.2. The van der Waals surface area contributed by atoms with Crippen LogP contribution in [-0.2, 0) is 11.8 Å². The number of nitrogens with one attached hydrogen (secondary N) is 2. The zero-order chi connectivity index (χ0) is 14.7. The van der Waals surface area contributed by atoms with Crippen LogP contribution in [0.2, 0.25) is 0 Å². The molecule has 6 heteroatoms. The highest BCUT2D eigenvalue weighted by molar-refractivity contribution is 5.93. The summed E-state index contributed by atoms with van der Waals surface area (Å²) < 4.78 is 1.79. The lowest BCUT2D eigenvalue weighted by molar-refractivity contribution is -0.117. The molecule has 1 aromatic rings. The Kier molecular flexibility index (Phi) is 4.77. The van der Waals surface area contributed by atoms with Crippen molar-refractivity contribution < 1.29 is 4.79 Å². The maximum Gasteiger partial charge on any atom is 0.238 e. The third-order valence-corrected chi connectivity index (χ3v) is 4.10. The summed E-state index contributed by atoms with van der Waals surface area (Å²) in [6.07, 6.45) is 2.21. The van der Waals surface area contributed by atoms with Crippen LogP contribution in [0.1, 0.15) is 24.2 Å². The summed E-state index contributed by atoms with van der Waals surface area (Å²) in [6.45, 7) is 6.39. The summed E-state index contributed by atoms with van der Waals surface area (Å²) in [6, 6.07) is 0.498. The van der Waals surface area contributed by atoms with E-state index in [0.717, 1.165) is 43.0 Å².